The number of hydrogen-bond acceptors (Lipinski definition) is 4. The Morgan fingerprint density at radius 3 is 1.47 bits per heavy atom. The summed E-state index contributed by atoms with van der Waals surface area (Å²) in [6, 6.07) is 17.1. The second-order valence-corrected chi connectivity index (χ2v) is 9.66. The van der Waals surface area contributed by atoms with Gasteiger partial charge in [-0.15, -0.1) is 0 Å². The molecule has 168 valence electrons. The van der Waals surface area contributed by atoms with Crippen molar-refractivity contribution in [2.75, 3.05) is 0 Å². The fourth-order valence-electron chi connectivity index (χ4n) is 6.09. The van der Waals surface area contributed by atoms with E-state index in [1.165, 1.54) is 22.3 Å². The third kappa shape index (κ3) is 2.68. The number of hydrogen-bond donors (Lipinski definition) is 0. The number of nitrogens with zero attached hydrogens (tertiary/aromatic N) is 4. The highest BCUT2D eigenvalue weighted by Crippen LogP contribution is 2.48. The molecule has 4 aliphatic rings. The van der Waals surface area contributed by atoms with Crippen LogP contribution in [0.25, 0.3) is 22.5 Å². The second kappa shape index (κ2) is 7.35. The minimum atomic E-state index is 0.159. The Hall–Kier alpha value is -3.80. The number of benzene rings is 2. The van der Waals surface area contributed by atoms with Gasteiger partial charge in [-0.05, 0) is 24.0 Å². The van der Waals surface area contributed by atoms with Gasteiger partial charge < -0.3 is 9.13 Å². The van der Waals surface area contributed by atoms with Crippen LogP contribution in [-0.4, -0.2) is 30.7 Å². The molecule has 8 rings (SSSR count). The predicted octanol–water partition coefficient (Wildman–Crippen LogP) is 4.86. The summed E-state index contributed by atoms with van der Waals surface area (Å²) < 4.78 is 4.32. The minimum Gasteiger partial charge on any atom is -0.322 e. The molecule has 4 atom stereocenters. The summed E-state index contributed by atoms with van der Waals surface area (Å²) in [4.78, 5) is 31.9. The van der Waals surface area contributed by atoms with Crippen LogP contribution in [0.4, 0.5) is 0 Å². The number of ketones is 2. The van der Waals surface area contributed by atoms with Gasteiger partial charge in [-0.3, -0.25) is 9.59 Å². The molecular formula is C28H24N4O2. The van der Waals surface area contributed by atoms with Crippen molar-refractivity contribution in [3.8, 4) is 22.5 Å². The highest BCUT2D eigenvalue weighted by molar-refractivity contribution is 5.89. The average Bonchev–Trinajstić information content (AvgIpc) is 3.62. The van der Waals surface area contributed by atoms with Gasteiger partial charge in [0.15, 0.2) is 0 Å². The lowest BCUT2D eigenvalue weighted by Gasteiger charge is -2.31. The SMILES string of the molecule is O=C1CC[C@@H]1[C@@H]1c2ccccc2-c2cncn21.O=C1CC[C@H]1[C@H]1c2ccccc2-c2cncn21. The van der Waals surface area contributed by atoms with E-state index >= 15 is 0 Å². The second-order valence-electron chi connectivity index (χ2n) is 9.66. The van der Waals surface area contributed by atoms with Gasteiger partial charge >= 0.3 is 0 Å². The molecular weight excluding hydrogens is 424 g/mol. The molecule has 0 spiro atoms. The van der Waals surface area contributed by atoms with Gasteiger partial charge in [0, 0.05) is 35.8 Å². The highest BCUT2D eigenvalue weighted by Gasteiger charge is 2.43. The van der Waals surface area contributed by atoms with Crippen molar-refractivity contribution < 1.29 is 9.59 Å². The number of rotatable bonds is 2. The third-order valence-electron chi connectivity index (χ3n) is 8.04. The molecule has 0 amide bonds. The number of carbonyl (C=O) groups excluding carboxylic acids is 2. The van der Waals surface area contributed by atoms with Gasteiger partial charge in [-0.1, -0.05) is 48.5 Å². The molecule has 6 heteroatoms. The fourth-order valence-corrected chi connectivity index (χ4v) is 6.09. The number of imidazole rings is 2. The maximum absolute atomic E-state index is 11.7. The molecule has 4 heterocycles. The summed E-state index contributed by atoms with van der Waals surface area (Å²) in [5.74, 6) is 1.11. The molecule has 2 aromatic heterocycles. The zero-order chi connectivity index (χ0) is 22.8. The van der Waals surface area contributed by atoms with Crippen molar-refractivity contribution >= 4 is 11.6 Å². The molecule has 6 nitrogen and oxygen atoms in total. The van der Waals surface area contributed by atoms with Crippen LogP contribution >= 0.6 is 0 Å². The van der Waals surface area contributed by atoms with Gasteiger partial charge in [0.2, 0.25) is 0 Å². The van der Waals surface area contributed by atoms with Gasteiger partial charge in [0.1, 0.15) is 11.6 Å². The van der Waals surface area contributed by atoms with Crippen molar-refractivity contribution in [2.24, 2.45) is 11.8 Å². The summed E-state index contributed by atoms with van der Waals surface area (Å²) in [7, 11) is 0. The van der Waals surface area contributed by atoms with E-state index in [9.17, 15) is 9.59 Å². The van der Waals surface area contributed by atoms with Crippen LogP contribution in [0.5, 0.6) is 0 Å². The topological polar surface area (TPSA) is 69.8 Å². The first-order valence-corrected chi connectivity index (χ1v) is 12.0. The van der Waals surface area contributed by atoms with Gasteiger partial charge in [0.25, 0.3) is 0 Å². The lowest BCUT2D eigenvalue weighted by atomic mass is 9.76. The molecule has 0 radical (unpaired) electrons. The van der Waals surface area contributed by atoms with E-state index in [4.69, 9.17) is 0 Å². The van der Waals surface area contributed by atoms with E-state index in [2.05, 4.69) is 55.5 Å². The zero-order valence-electron chi connectivity index (χ0n) is 18.7. The predicted molar refractivity (Wildman–Crippen MR) is 127 cm³/mol. The Kier molecular flexibility index (Phi) is 4.25. The molecule has 2 aliphatic heterocycles. The van der Waals surface area contributed by atoms with Crippen molar-refractivity contribution in [2.45, 2.75) is 37.8 Å². The van der Waals surface area contributed by atoms with Gasteiger partial charge in [-0.25, -0.2) is 9.97 Å². The third-order valence-corrected chi connectivity index (χ3v) is 8.04. The summed E-state index contributed by atoms with van der Waals surface area (Å²) in [6.45, 7) is 0. The van der Waals surface area contributed by atoms with Crippen molar-refractivity contribution in [3.63, 3.8) is 0 Å². The molecule has 0 N–H and O–H groups in total. The fraction of sp³-hybridized carbons (Fsp3) is 0.286. The smallest absolute Gasteiger partial charge is 0.138 e. The largest absolute Gasteiger partial charge is 0.322 e. The van der Waals surface area contributed by atoms with Crippen LogP contribution in [0, 0.1) is 11.8 Å². The van der Waals surface area contributed by atoms with E-state index < -0.39 is 0 Å². The average molecular weight is 449 g/mol. The maximum atomic E-state index is 11.7. The van der Waals surface area contributed by atoms with E-state index in [1.807, 2.05) is 37.2 Å². The van der Waals surface area contributed by atoms with Gasteiger partial charge in [0.05, 0.1) is 48.5 Å². The zero-order valence-corrected chi connectivity index (χ0v) is 18.7. The first-order valence-electron chi connectivity index (χ1n) is 12.0. The Labute approximate surface area is 197 Å². The van der Waals surface area contributed by atoms with E-state index in [-0.39, 0.29) is 23.9 Å². The molecule has 2 fully saturated rings. The lowest BCUT2D eigenvalue weighted by Crippen LogP contribution is -2.33. The van der Waals surface area contributed by atoms with Crippen molar-refractivity contribution in [1.82, 2.24) is 19.1 Å². The maximum Gasteiger partial charge on any atom is 0.138 e. The van der Waals surface area contributed by atoms with Crippen LogP contribution in [0.3, 0.4) is 0 Å². The lowest BCUT2D eigenvalue weighted by molar-refractivity contribution is -0.131. The normalized spacial score (nSPS) is 25.3. The molecule has 2 saturated carbocycles. The number of Topliss-reactive ketones (excluding diaryl/α,β-unsaturated/α-hetero) is 2. The first kappa shape index (κ1) is 19.6. The molecule has 2 aliphatic carbocycles. The molecule has 0 saturated heterocycles. The van der Waals surface area contributed by atoms with Crippen molar-refractivity contribution in [3.05, 3.63) is 84.7 Å². The highest BCUT2D eigenvalue weighted by atomic mass is 16.1. The van der Waals surface area contributed by atoms with E-state index in [0.717, 1.165) is 37.1 Å². The monoisotopic (exact) mass is 448 g/mol. The Balaban J connectivity index is 0.000000118. The minimum absolute atomic E-state index is 0.159. The number of fused-ring (bicyclic) bond motifs is 6. The van der Waals surface area contributed by atoms with E-state index in [0.29, 0.717) is 11.6 Å². The van der Waals surface area contributed by atoms with Crippen LogP contribution in [0.15, 0.2) is 73.6 Å². The van der Waals surface area contributed by atoms with Crippen LogP contribution < -0.4 is 0 Å². The standard InChI is InChI=1S/2C14H12N2O/c2*17-13-6-5-11(13)14-10-4-2-1-3-9(10)12-7-15-8-16(12)14/h2*1-4,7-8,11,14H,5-6H2/t2*11-,14-/m10/s1. The molecule has 4 aromatic rings. The Bertz CT molecular complexity index is 1340. The van der Waals surface area contributed by atoms with Crippen LogP contribution in [-0.2, 0) is 9.59 Å². The van der Waals surface area contributed by atoms with E-state index in [1.54, 1.807) is 0 Å². The first-order chi connectivity index (χ1) is 16.7. The summed E-state index contributed by atoms with van der Waals surface area (Å²) in [5, 5.41) is 0. The molecule has 34 heavy (non-hydrogen) atoms. The Morgan fingerprint density at radius 2 is 1.09 bits per heavy atom. The van der Waals surface area contributed by atoms with Crippen LogP contribution in [0.1, 0.15) is 48.9 Å². The quantitative estimate of drug-likeness (QED) is 0.439. The Morgan fingerprint density at radius 1 is 0.647 bits per heavy atom. The number of aromatic nitrogens is 4. The molecule has 0 bridgehead atoms. The van der Waals surface area contributed by atoms with Crippen LogP contribution in [0.2, 0.25) is 0 Å². The summed E-state index contributed by atoms with van der Waals surface area (Å²) >= 11 is 0. The summed E-state index contributed by atoms with van der Waals surface area (Å²) in [6.07, 6.45) is 11.0. The summed E-state index contributed by atoms with van der Waals surface area (Å²) in [5.41, 5.74) is 7.31. The molecule has 2 aromatic carbocycles. The van der Waals surface area contributed by atoms with Gasteiger partial charge in [-0.2, -0.15) is 0 Å². The number of carbonyl (C=O) groups is 2. The molecule has 0 unspecified atom stereocenters. The van der Waals surface area contributed by atoms with Crippen molar-refractivity contribution in [1.29, 1.82) is 0 Å².